The lowest BCUT2D eigenvalue weighted by atomic mass is 9.83. The highest BCUT2D eigenvalue weighted by atomic mass is 32.2. The fourth-order valence-corrected chi connectivity index (χ4v) is 2.55. The van der Waals surface area contributed by atoms with Crippen molar-refractivity contribution in [3.63, 3.8) is 0 Å². The second kappa shape index (κ2) is 7.81. The Labute approximate surface area is 115 Å². The predicted octanol–water partition coefficient (Wildman–Crippen LogP) is 1.22. The van der Waals surface area contributed by atoms with Crippen LogP contribution in [0.25, 0.3) is 0 Å². The molecule has 0 fully saturated rings. The van der Waals surface area contributed by atoms with E-state index in [-0.39, 0.29) is 25.0 Å². The predicted molar refractivity (Wildman–Crippen MR) is 73.5 cm³/mol. The molecule has 0 saturated heterocycles. The zero-order valence-corrected chi connectivity index (χ0v) is 12.9. The van der Waals surface area contributed by atoms with E-state index in [2.05, 4.69) is 4.72 Å². The Hall–Kier alpha value is -0.660. The highest BCUT2D eigenvalue weighted by Crippen LogP contribution is 2.25. The van der Waals surface area contributed by atoms with Crippen molar-refractivity contribution in [1.82, 2.24) is 4.72 Å². The number of carbonyl (C=O) groups is 1. The standard InChI is InChI=1S/C12H25NO5S/c1-5-12(6-2,11(14)15)9-13-19(16,17)8-7-18-10(3)4/h10,13H,5-9H2,1-4H3,(H,14,15). The summed E-state index contributed by atoms with van der Waals surface area (Å²) in [5.74, 6) is -1.13. The first-order chi connectivity index (χ1) is 8.69. The van der Waals surface area contributed by atoms with Gasteiger partial charge in [0.25, 0.3) is 0 Å². The molecule has 0 unspecified atom stereocenters. The van der Waals surface area contributed by atoms with Crippen LogP contribution in [0, 0.1) is 5.41 Å². The average Bonchev–Trinajstić information content (AvgIpc) is 2.29. The van der Waals surface area contributed by atoms with E-state index < -0.39 is 21.4 Å². The Balaban J connectivity index is 4.47. The SMILES string of the molecule is CCC(CC)(CNS(=O)(=O)CCOC(C)C)C(=O)O. The fourth-order valence-electron chi connectivity index (χ4n) is 1.59. The summed E-state index contributed by atoms with van der Waals surface area (Å²) in [6.45, 7) is 7.15. The van der Waals surface area contributed by atoms with Gasteiger partial charge in [0.2, 0.25) is 10.0 Å². The molecule has 2 N–H and O–H groups in total. The van der Waals surface area contributed by atoms with E-state index in [0.717, 1.165) is 0 Å². The molecular weight excluding hydrogens is 270 g/mol. The number of aliphatic carboxylic acids is 1. The summed E-state index contributed by atoms with van der Waals surface area (Å²) in [6.07, 6.45) is 0.729. The first kappa shape index (κ1) is 18.3. The number of carboxylic acid groups (broad SMARTS) is 1. The van der Waals surface area contributed by atoms with Crippen molar-refractivity contribution in [3.8, 4) is 0 Å². The van der Waals surface area contributed by atoms with Gasteiger partial charge in [0, 0.05) is 6.54 Å². The lowest BCUT2D eigenvalue weighted by Crippen LogP contribution is -2.43. The fraction of sp³-hybridized carbons (Fsp3) is 0.917. The molecule has 0 spiro atoms. The summed E-state index contributed by atoms with van der Waals surface area (Å²) >= 11 is 0. The van der Waals surface area contributed by atoms with Gasteiger partial charge < -0.3 is 9.84 Å². The van der Waals surface area contributed by atoms with Crippen LogP contribution < -0.4 is 4.72 Å². The van der Waals surface area contributed by atoms with E-state index in [1.54, 1.807) is 13.8 Å². The van der Waals surface area contributed by atoms with Gasteiger partial charge in [-0.25, -0.2) is 13.1 Å². The highest BCUT2D eigenvalue weighted by Gasteiger charge is 2.35. The van der Waals surface area contributed by atoms with Crippen LogP contribution in [0.1, 0.15) is 40.5 Å². The van der Waals surface area contributed by atoms with Gasteiger partial charge in [-0.05, 0) is 26.7 Å². The van der Waals surface area contributed by atoms with E-state index in [9.17, 15) is 18.3 Å². The summed E-state index contributed by atoms with van der Waals surface area (Å²) < 4.78 is 31.0. The molecular formula is C12H25NO5S. The Kier molecular flexibility index (Phi) is 7.54. The zero-order valence-electron chi connectivity index (χ0n) is 12.1. The van der Waals surface area contributed by atoms with E-state index >= 15 is 0 Å². The second-order valence-corrected chi connectivity index (χ2v) is 6.78. The van der Waals surface area contributed by atoms with Crippen LogP contribution >= 0.6 is 0 Å². The van der Waals surface area contributed by atoms with Crippen molar-refractivity contribution in [2.24, 2.45) is 5.41 Å². The quantitative estimate of drug-likeness (QED) is 0.632. The molecule has 114 valence electrons. The molecule has 19 heavy (non-hydrogen) atoms. The van der Waals surface area contributed by atoms with E-state index in [1.165, 1.54) is 0 Å². The maximum Gasteiger partial charge on any atom is 0.310 e. The van der Waals surface area contributed by atoms with Gasteiger partial charge in [-0.2, -0.15) is 0 Å². The number of rotatable bonds is 10. The topological polar surface area (TPSA) is 92.7 Å². The average molecular weight is 295 g/mol. The van der Waals surface area contributed by atoms with Crippen molar-refractivity contribution in [1.29, 1.82) is 0 Å². The molecule has 7 heteroatoms. The summed E-state index contributed by atoms with van der Waals surface area (Å²) in [6, 6.07) is 0. The molecule has 6 nitrogen and oxygen atoms in total. The van der Waals surface area contributed by atoms with Crippen LogP contribution in [0.3, 0.4) is 0 Å². The smallest absolute Gasteiger partial charge is 0.310 e. The minimum absolute atomic E-state index is 0.0282. The number of hydrogen-bond acceptors (Lipinski definition) is 4. The monoisotopic (exact) mass is 295 g/mol. The van der Waals surface area contributed by atoms with Crippen LogP contribution in [0.15, 0.2) is 0 Å². The Morgan fingerprint density at radius 3 is 2.21 bits per heavy atom. The van der Waals surface area contributed by atoms with Gasteiger partial charge in [-0.3, -0.25) is 4.79 Å². The largest absolute Gasteiger partial charge is 0.481 e. The van der Waals surface area contributed by atoms with Gasteiger partial charge in [-0.1, -0.05) is 13.8 Å². The maximum absolute atomic E-state index is 11.7. The van der Waals surface area contributed by atoms with Crippen LogP contribution in [0.4, 0.5) is 0 Å². The van der Waals surface area contributed by atoms with Crippen molar-refractivity contribution < 1.29 is 23.1 Å². The Morgan fingerprint density at radius 2 is 1.84 bits per heavy atom. The molecule has 0 rings (SSSR count). The second-order valence-electron chi connectivity index (χ2n) is 4.85. The van der Waals surface area contributed by atoms with Crippen molar-refractivity contribution >= 4 is 16.0 Å². The van der Waals surface area contributed by atoms with Gasteiger partial charge in [0.1, 0.15) is 0 Å². The third-order valence-corrected chi connectivity index (χ3v) is 4.53. The summed E-state index contributed by atoms with van der Waals surface area (Å²) in [5, 5.41) is 9.21. The van der Waals surface area contributed by atoms with E-state index in [0.29, 0.717) is 12.8 Å². The molecule has 0 bridgehead atoms. The number of nitrogens with one attached hydrogen (secondary N) is 1. The van der Waals surface area contributed by atoms with Gasteiger partial charge in [0.15, 0.2) is 0 Å². The van der Waals surface area contributed by atoms with Crippen molar-refractivity contribution in [2.45, 2.75) is 46.6 Å². The van der Waals surface area contributed by atoms with E-state index in [4.69, 9.17) is 4.74 Å². The first-order valence-electron chi connectivity index (χ1n) is 6.51. The third-order valence-electron chi connectivity index (χ3n) is 3.24. The molecule has 0 aliphatic heterocycles. The summed E-state index contributed by atoms with van der Waals surface area (Å²) in [5.41, 5.74) is -1.04. The van der Waals surface area contributed by atoms with Crippen LogP contribution in [0.5, 0.6) is 0 Å². The molecule has 0 radical (unpaired) electrons. The van der Waals surface area contributed by atoms with Crippen LogP contribution in [-0.4, -0.2) is 44.5 Å². The lowest BCUT2D eigenvalue weighted by Gasteiger charge is -2.26. The number of carboxylic acids is 1. The Morgan fingerprint density at radius 1 is 1.32 bits per heavy atom. The first-order valence-corrected chi connectivity index (χ1v) is 8.16. The molecule has 0 atom stereocenters. The number of hydrogen-bond donors (Lipinski definition) is 2. The normalized spacial score (nSPS) is 12.9. The molecule has 0 saturated carbocycles. The molecule has 0 aromatic rings. The molecule has 0 amide bonds. The van der Waals surface area contributed by atoms with E-state index in [1.807, 2.05) is 13.8 Å². The summed E-state index contributed by atoms with van der Waals surface area (Å²) in [7, 11) is -3.50. The molecule has 0 aliphatic carbocycles. The van der Waals surface area contributed by atoms with Gasteiger partial charge >= 0.3 is 5.97 Å². The van der Waals surface area contributed by atoms with Crippen molar-refractivity contribution in [2.75, 3.05) is 18.9 Å². The van der Waals surface area contributed by atoms with Crippen molar-refractivity contribution in [3.05, 3.63) is 0 Å². The Bertz CT molecular complexity index is 374. The molecule has 0 aliphatic rings. The number of ether oxygens (including phenoxy) is 1. The molecule has 0 aromatic carbocycles. The third kappa shape index (κ3) is 6.35. The van der Waals surface area contributed by atoms with Crippen LogP contribution in [-0.2, 0) is 19.6 Å². The summed E-state index contributed by atoms with van der Waals surface area (Å²) in [4.78, 5) is 11.2. The minimum atomic E-state index is -3.50. The molecule has 0 heterocycles. The molecule has 0 aromatic heterocycles. The van der Waals surface area contributed by atoms with Crippen LogP contribution in [0.2, 0.25) is 0 Å². The highest BCUT2D eigenvalue weighted by molar-refractivity contribution is 7.89. The number of sulfonamides is 1. The maximum atomic E-state index is 11.7. The van der Waals surface area contributed by atoms with Gasteiger partial charge in [0.05, 0.1) is 23.9 Å². The minimum Gasteiger partial charge on any atom is -0.481 e. The lowest BCUT2D eigenvalue weighted by molar-refractivity contribution is -0.149. The zero-order chi connectivity index (χ0) is 15.1. The van der Waals surface area contributed by atoms with Gasteiger partial charge in [-0.15, -0.1) is 0 Å².